The summed E-state index contributed by atoms with van der Waals surface area (Å²) in [5, 5.41) is 14.3. The Bertz CT molecular complexity index is 475. The second-order valence-electron chi connectivity index (χ2n) is 3.42. The zero-order valence-electron chi connectivity index (χ0n) is 9.09. The molecule has 16 heavy (non-hydrogen) atoms. The molecule has 0 saturated heterocycles. The van der Waals surface area contributed by atoms with Crippen molar-refractivity contribution in [3.63, 3.8) is 0 Å². The van der Waals surface area contributed by atoms with Crippen LogP contribution in [0.25, 0.3) is 5.69 Å². The molecule has 0 fully saturated rings. The van der Waals surface area contributed by atoms with Gasteiger partial charge >= 0.3 is 0 Å². The van der Waals surface area contributed by atoms with Crippen molar-refractivity contribution in [2.24, 2.45) is 0 Å². The molecular formula is C11H13N5. The van der Waals surface area contributed by atoms with Gasteiger partial charge < -0.3 is 5.32 Å². The molecule has 1 heterocycles. The SMILES string of the molecule is C=CCNc1cc(-n2cnnn2)ccc1C. The molecule has 0 radical (unpaired) electrons. The predicted molar refractivity (Wildman–Crippen MR) is 62.6 cm³/mol. The maximum absolute atomic E-state index is 3.85. The number of anilines is 1. The van der Waals surface area contributed by atoms with Crippen LogP contribution in [0.3, 0.4) is 0 Å². The van der Waals surface area contributed by atoms with Crippen LogP contribution in [0, 0.1) is 6.92 Å². The summed E-state index contributed by atoms with van der Waals surface area (Å²) >= 11 is 0. The number of tetrazole rings is 1. The highest BCUT2D eigenvalue weighted by Gasteiger charge is 2.02. The van der Waals surface area contributed by atoms with E-state index in [2.05, 4.69) is 34.3 Å². The van der Waals surface area contributed by atoms with E-state index in [1.807, 2.05) is 24.3 Å². The summed E-state index contributed by atoms with van der Waals surface area (Å²) in [5.74, 6) is 0. The Hall–Kier alpha value is -2.17. The minimum absolute atomic E-state index is 0.736. The second-order valence-corrected chi connectivity index (χ2v) is 3.42. The molecule has 2 rings (SSSR count). The molecule has 0 unspecified atom stereocenters. The molecular weight excluding hydrogens is 202 g/mol. The van der Waals surface area contributed by atoms with Gasteiger partial charge in [0, 0.05) is 12.2 Å². The van der Waals surface area contributed by atoms with Crippen LogP contribution >= 0.6 is 0 Å². The van der Waals surface area contributed by atoms with Crippen molar-refractivity contribution >= 4 is 5.69 Å². The van der Waals surface area contributed by atoms with Crippen molar-refractivity contribution in [2.75, 3.05) is 11.9 Å². The normalized spacial score (nSPS) is 10.1. The molecule has 0 amide bonds. The Balaban J connectivity index is 2.31. The van der Waals surface area contributed by atoms with Crippen molar-refractivity contribution in [2.45, 2.75) is 6.92 Å². The third kappa shape index (κ3) is 2.08. The maximum atomic E-state index is 3.85. The highest BCUT2D eigenvalue weighted by Crippen LogP contribution is 2.18. The van der Waals surface area contributed by atoms with Gasteiger partial charge in [-0.2, -0.15) is 0 Å². The van der Waals surface area contributed by atoms with Crippen LogP contribution in [0.5, 0.6) is 0 Å². The number of rotatable bonds is 4. The van der Waals surface area contributed by atoms with E-state index in [-0.39, 0.29) is 0 Å². The van der Waals surface area contributed by atoms with E-state index in [9.17, 15) is 0 Å². The van der Waals surface area contributed by atoms with Gasteiger partial charge in [0.05, 0.1) is 5.69 Å². The largest absolute Gasteiger partial charge is 0.381 e. The Morgan fingerprint density at radius 1 is 1.50 bits per heavy atom. The average Bonchev–Trinajstić information content (AvgIpc) is 2.81. The van der Waals surface area contributed by atoms with E-state index in [0.717, 1.165) is 17.9 Å². The summed E-state index contributed by atoms with van der Waals surface area (Å²) in [5.41, 5.74) is 3.17. The molecule has 1 aromatic carbocycles. The molecule has 0 bridgehead atoms. The standard InChI is InChI=1S/C11H13N5/c1-3-6-12-11-7-10(5-4-9(11)2)16-8-13-14-15-16/h3-5,7-8,12H,1,6H2,2H3. The fourth-order valence-electron chi connectivity index (χ4n) is 1.40. The summed E-state index contributed by atoms with van der Waals surface area (Å²) in [7, 11) is 0. The number of aryl methyl sites for hydroxylation is 1. The first-order chi connectivity index (χ1) is 7.81. The highest BCUT2D eigenvalue weighted by atomic mass is 15.5. The van der Waals surface area contributed by atoms with Crippen molar-refractivity contribution in [3.05, 3.63) is 42.7 Å². The molecule has 0 saturated carbocycles. The first-order valence-electron chi connectivity index (χ1n) is 5.00. The van der Waals surface area contributed by atoms with E-state index >= 15 is 0 Å². The van der Waals surface area contributed by atoms with Crippen LogP contribution in [0.1, 0.15) is 5.56 Å². The third-order valence-electron chi connectivity index (χ3n) is 2.27. The van der Waals surface area contributed by atoms with Crippen LogP contribution in [0.2, 0.25) is 0 Å². The van der Waals surface area contributed by atoms with Crippen molar-refractivity contribution in [3.8, 4) is 5.69 Å². The Kier molecular flexibility index (Phi) is 2.95. The first-order valence-corrected chi connectivity index (χ1v) is 5.00. The summed E-state index contributed by atoms with van der Waals surface area (Å²) in [6.45, 7) is 6.46. The summed E-state index contributed by atoms with van der Waals surface area (Å²) in [6, 6.07) is 6.02. The summed E-state index contributed by atoms with van der Waals surface area (Å²) in [4.78, 5) is 0. The van der Waals surface area contributed by atoms with E-state index in [0.29, 0.717) is 0 Å². The molecule has 1 aromatic heterocycles. The van der Waals surface area contributed by atoms with Gasteiger partial charge in [0.25, 0.3) is 0 Å². The molecule has 0 aliphatic rings. The second kappa shape index (κ2) is 4.57. The quantitative estimate of drug-likeness (QED) is 0.786. The molecule has 2 aromatic rings. The third-order valence-corrected chi connectivity index (χ3v) is 2.27. The van der Waals surface area contributed by atoms with E-state index < -0.39 is 0 Å². The number of hydrogen-bond acceptors (Lipinski definition) is 4. The Morgan fingerprint density at radius 2 is 2.38 bits per heavy atom. The molecule has 0 atom stereocenters. The predicted octanol–water partition coefficient (Wildman–Crippen LogP) is 1.57. The van der Waals surface area contributed by atoms with Gasteiger partial charge in [0.2, 0.25) is 0 Å². The summed E-state index contributed by atoms with van der Waals surface area (Å²) < 4.78 is 1.62. The topological polar surface area (TPSA) is 55.6 Å². The minimum atomic E-state index is 0.736. The zero-order valence-corrected chi connectivity index (χ0v) is 9.09. The number of hydrogen-bond donors (Lipinski definition) is 1. The molecule has 82 valence electrons. The van der Waals surface area contributed by atoms with E-state index in [1.165, 1.54) is 5.56 Å². The lowest BCUT2D eigenvalue weighted by molar-refractivity contribution is 0.789. The Labute approximate surface area is 93.8 Å². The van der Waals surface area contributed by atoms with Gasteiger partial charge in [-0.25, -0.2) is 4.68 Å². The van der Waals surface area contributed by atoms with Gasteiger partial charge in [-0.1, -0.05) is 12.1 Å². The lowest BCUT2D eigenvalue weighted by atomic mass is 10.2. The van der Waals surface area contributed by atoms with Crippen molar-refractivity contribution in [1.29, 1.82) is 0 Å². The van der Waals surface area contributed by atoms with Crippen molar-refractivity contribution < 1.29 is 0 Å². The van der Waals surface area contributed by atoms with E-state index in [4.69, 9.17) is 0 Å². The van der Waals surface area contributed by atoms with Gasteiger partial charge in [-0.15, -0.1) is 11.7 Å². The van der Waals surface area contributed by atoms with E-state index in [1.54, 1.807) is 11.0 Å². The van der Waals surface area contributed by atoms with Crippen LogP contribution in [-0.4, -0.2) is 26.8 Å². The molecule has 5 heteroatoms. The van der Waals surface area contributed by atoms with Gasteiger partial charge in [-0.05, 0) is 35.0 Å². The van der Waals surface area contributed by atoms with Gasteiger partial charge in [0.1, 0.15) is 6.33 Å². The summed E-state index contributed by atoms with van der Waals surface area (Å²) in [6.07, 6.45) is 3.39. The van der Waals surface area contributed by atoms with Gasteiger partial charge in [-0.3, -0.25) is 0 Å². The highest BCUT2D eigenvalue weighted by molar-refractivity contribution is 5.56. The van der Waals surface area contributed by atoms with Crippen LogP contribution < -0.4 is 5.32 Å². The zero-order chi connectivity index (χ0) is 11.4. The minimum Gasteiger partial charge on any atom is -0.381 e. The lowest BCUT2D eigenvalue weighted by Crippen LogP contribution is -2.02. The number of nitrogens with one attached hydrogen (secondary N) is 1. The van der Waals surface area contributed by atoms with Crippen molar-refractivity contribution in [1.82, 2.24) is 20.2 Å². The van der Waals surface area contributed by atoms with Crippen LogP contribution in [-0.2, 0) is 0 Å². The fraction of sp³-hybridized carbons (Fsp3) is 0.182. The first kappa shape index (κ1) is 10.4. The molecule has 1 N–H and O–H groups in total. The van der Waals surface area contributed by atoms with Crippen LogP contribution in [0.4, 0.5) is 5.69 Å². The average molecular weight is 215 g/mol. The number of benzene rings is 1. The molecule has 0 spiro atoms. The lowest BCUT2D eigenvalue weighted by Gasteiger charge is -2.09. The molecule has 0 aliphatic carbocycles. The number of aromatic nitrogens is 4. The monoisotopic (exact) mass is 215 g/mol. The molecule has 5 nitrogen and oxygen atoms in total. The fourth-order valence-corrected chi connectivity index (χ4v) is 1.40. The number of nitrogens with zero attached hydrogens (tertiary/aromatic N) is 4. The van der Waals surface area contributed by atoms with Crippen LogP contribution in [0.15, 0.2) is 37.2 Å². The van der Waals surface area contributed by atoms with Gasteiger partial charge in [0.15, 0.2) is 0 Å². The molecule has 0 aliphatic heterocycles. The smallest absolute Gasteiger partial charge is 0.143 e. The maximum Gasteiger partial charge on any atom is 0.143 e. The Morgan fingerprint density at radius 3 is 3.06 bits per heavy atom.